The van der Waals surface area contributed by atoms with Crippen molar-refractivity contribution in [2.45, 2.75) is 6.54 Å². The van der Waals surface area contributed by atoms with E-state index in [-0.39, 0.29) is 5.56 Å². The summed E-state index contributed by atoms with van der Waals surface area (Å²) in [6.45, 7) is 0.319. The summed E-state index contributed by atoms with van der Waals surface area (Å²) in [5.74, 6) is -1.09. The van der Waals surface area contributed by atoms with Crippen LogP contribution >= 0.6 is 11.6 Å². The molecule has 3 aromatic rings. The second-order valence-corrected chi connectivity index (χ2v) is 6.68. The SMILES string of the molecule is CN(C)c1ccc(CNC(=O)c2ccc(-c3ncccc3Cl)cc2F)cc1. The third kappa shape index (κ3) is 4.44. The number of rotatable bonds is 5. The van der Waals surface area contributed by atoms with Gasteiger partial charge in [0.1, 0.15) is 5.82 Å². The van der Waals surface area contributed by atoms with Gasteiger partial charge in [0.25, 0.3) is 5.91 Å². The van der Waals surface area contributed by atoms with Gasteiger partial charge in [0.2, 0.25) is 0 Å². The fraction of sp³-hybridized carbons (Fsp3) is 0.143. The maximum Gasteiger partial charge on any atom is 0.254 e. The number of hydrogen-bond donors (Lipinski definition) is 1. The van der Waals surface area contributed by atoms with Gasteiger partial charge in [-0.3, -0.25) is 9.78 Å². The average Bonchev–Trinajstić information content (AvgIpc) is 2.66. The van der Waals surface area contributed by atoms with Crippen LogP contribution in [0.3, 0.4) is 0 Å². The first-order valence-electron chi connectivity index (χ1n) is 8.40. The second-order valence-electron chi connectivity index (χ2n) is 6.27. The molecule has 1 aromatic heterocycles. The largest absolute Gasteiger partial charge is 0.378 e. The summed E-state index contributed by atoms with van der Waals surface area (Å²) in [5.41, 5.74) is 2.99. The van der Waals surface area contributed by atoms with Crippen molar-refractivity contribution < 1.29 is 9.18 Å². The molecule has 0 spiro atoms. The van der Waals surface area contributed by atoms with E-state index in [0.29, 0.717) is 22.8 Å². The molecular weight excluding hydrogens is 365 g/mol. The first-order valence-corrected chi connectivity index (χ1v) is 8.78. The molecule has 27 heavy (non-hydrogen) atoms. The number of anilines is 1. The monoisotopic (exact) mass is 383 g/mol. The van der Waals surface area contributed by atoms with Crippen LogP contribution in [0.1, 0.15) is 15.9 Å². The molecule has 1 heterocycles. The van der Waals surface area contributed by atoms with Gasteiger partial charge in [-0.1, -0.05) is 29.8 Å². The molecule has 0 fully saturated rings. The summed E-state index contributed by atoms with van der Waals surface area (Å²) < 4.78 is 14.4. The highest BCUT2D eigenvalue weighted by atomic mass is 35.5. The van der Waals surface area contributed by atoms with Crippen molar-refractivity contribution in [2.75, 3.05) is 19.0 Å². The highest BCUT2D eigenvalue weighted by molar-refractivity contribution is 6.33. The molecule has 1 N–H and O–H groups in total. The molecule has 4 nitrogen and oxygen atoms in total. The van der Waals surface area contributed by atoms with Crippen LogP contribution in [-0.2, 0) is 6.54 Å². The van der Waals surface area contributed by atoms with Crippen molar-refractivity contribution in [3.05, 3.63) is 82.8 Å². The van der Waals surface area contributed by atoms with E-state index in [0.717, 1.165) is 11.3 Å². The van der Waals surface area contributed by atoms with Crippen LogP contribution in [0.15, 0.2) is 60.8 Å². The fourth-order valence-electron chi connectivity index (χ4n) is 2.63. The smallest absolute Gasteiger partial charge is 0.254 e. The molecule has 3 rings (SSSR count). The Balaban J connectivity index is 1.71. The predicted molar refractivity (Wildman–Crippen MR) is 107 cm³/mol. The number of carbonyl (C=O) groups is 1. The van der Waals surface area contributed by atoms with E-state index in [2.05, 4.69) is 10.3 Å². The number of aromatic nitrogens is 1. The van der Waals surface area contributed by atoms with Gasteiger partial charge in [0, 0.05) is 38.1 Å². The van der Waals surface area contributed by atoms with Gasteiger partial charge in [-0.25, -0.2) is 4.39 Å². The molecule has 0 saturated heterocycles. The van der Waals surface area contributed by atoms with Crippen molar-refractivity contribution in [1.29, 1.82) is 0 Å². The van der Waals surface area contributed by atoms with Crippen LogP contribution in [-0.4, -0.2) is 25.0 Å². The molecule has 0 aliphatic carbocycles. The molecule has 0 bridgehead atoms. The van der Waals surface area contributed by atoms with Crippen molar-refractivity contribution in [1.82, 2.24) is 10.3 Å². The van der Waals surface area contributed by atoms with Gasteiger partial charge < -0.3 is 10.2 Å². The van der Waals surface area contributed by atoms with Crippen LogP contribution in [0.5, 0.6) is 0 Å². The molecular formula is C21H19ClFN3O. The summed E-state index contributed by atoms with van der Waals surface area (Å²) in [5, 5.41) is 3.17. The second kappa shape index (κ2) is 8.18. The maximum absolute atomic E-state index is 14.4. The molecule has 0 aliphatic rings. The van der Waals surface area contributed by atoms with E-state index in [1.807, 2.05) is 43.3 Å². The summed E-state index contributed by atoms with van der Waals surface area (Å²) >= 11 is 6.09. The molecule has 1 amide bonds. The number of halogens is 2. The molecule has 0 unspecified atom stereocenters. The van der Waals surface area contributed by atoms with Crippen molar-refractivity contribution >= 4 is 23.2 Å². The Morgan fingerprint density at radius 1 is 1.15 bits per heavy atom. The standard InChI is InChI=1S/C21H19ClFN3O/c1-26(2)16-8-5-14(6-9-16)13-25-21(27)17-10-7-15(12-19(17)23)20-18(22)4-3-11-24-20/h3-12H,13H2,1-2H3,(H,25,27). The van der Waals surface area contributed by atoms with Crippen LogP contribution in [0, 0.1) is 5.82 Å². The normalized spacial score (nSPS) is 10.5. The van der Waals surface area contributed by atoms with Gasteiger partial charge in [0.05, 0.1) is 16.3 Å². The molecule has 0 saturated carbocycles. The molecule has 0 radical (unpaired) electrons. The number of hydrogen-bond acceptors (Lipinski definition) is 3. The first-order chi connectivity index (χ1) is 13.0. The van der Waals surface area contributed by atoms with Crippen LogP contribution in [0.2, 0.25) is 5.02 Å². The Kier molecular flexibility index (Phi) is 5.72. The van der Waals surface area contributed by atoms with Crippen molar-refractivity contribution in [3.63, 3.8) is 0 Å². The molecule has 138 valence electrons. The zero-order chi connectivity index (χ0) is 19.4. The minimum Gasteiger partial charge on any atom is -0.378 e. The molecule has 2 aromatic carbocycles. The number of nitrogens with zero attached hydrogens (tertiary/aromatic N) is 2. The summed E-state index contributed by atoms with van der Waals surface area (Å²) in [6, 6.07) is 15.5. The van der Waals surface area contributed by atoms with Gasteiger partial charge >= 0.3 is 0 Å². The summed E-state index contributed by atoms with van der Waals surface area (Å²) in [6.07, 6.45) is 1.58. The number of nitrogens with one attached hydrogen (secondary N) is 1. The highest BCUT2D eigenvalue weighted by Crippen LogP contribution is 2.26. The first kappa shape index (κ1) is 18.9. The van der Waals surface area contributed by atoms with E-state index in [1.165, 1.54) is 12.1 Å². The lowest BCUT2D eigenvalue weighted by molar-refractivity contribution is 0.0947. The summed E-state index contributed by atoms with van der Waals surface area (Å²) in [4.78, 5) is 18.5. The molecule has 0 aliphatic heterocycles. The van der Waals surface area contributed by atoms with Gasteiger partial charge in [0.15, 0.2) is 0 Å². The Morgan fingerprint density at radius 2 is 1.89 bits per heavy atom. The van der Waals surface area contributed by atoms with Gasteiger partial charge in [-0.05, 0) is 42.0 Å². The Hall–Kier alpha value is -2.92. The van der Waals surface area contributed by atoms with E-state index >= 15 is 0 Å². The lowest BCUT2D eigenvalue weighted by Crippen LogP contribution is -2.23. The minimum atomic E-state index is -0.616. The zero-order valence-corrected chi connectivity index (χ0v) is 15.8. The number of pyridine rings is 1. The van der Waals surface area contributed by atoms with E-state index in [4.69, 9.17) is 11.6 Å². The average molecular weight is 384 g/mol. The number of carbonyl (C=O) groups excluding carboxylic acids is 1. The number of amides is 1. The third-order valence-corrected chi connectivity index (χ3v) is 4.46. The van der Waals surface area contributed by atoms with Gasteiger partial charge in [-0.15, -0.1) is 0 Å². The Labute approximate surface area is 162 Å². The Bertz CT molecular complexity index is 958. The lowest BCUT2D eigenvalue weighted by Gasteiger charge is -2.13. The van der Waals surface area contributed by atoms with Gasteiger partial charge in [-0.2, -0.15) is 0 Å². The Morgan fingerprint density at radius 3 is 2.52 bits per heavy atom. The van der Waals surface area contributed by atoms with Crippen molar-refractivity contribution in [3.8, 4) is 11.3 Å². The number of benzene rings is 2. The fourth-order valence-corrected chi connectivity index (χ4v) is 2.86. The molecule has 6 heteroatoms. The van der Waals surface area contributed by atoms with Crippen LogP contribution in [0.4, 0.5) is 10.1 Å². The maximum atomic E-state index is 14.4. The predicted octanol–water partition coefficient (Wildman–Crippen LogP) is 4.54. The van der Waals surface area contributed by atoms with E-state index in [9.17, 15) is 9.18 Å². The highest BCUT2D eigenvalue weighted by Gasteiger charge is 2.14. The van der Waals surface area contributed by atoms with Crippen molar-refractivity contribution in [2.24, 2.45) is 0 Å². The third-order valence-electron chi connectivity index (χ3n) is 4.15. The quantitative estimate of drug-likeness (QED) is 0.703. The zero-order valence-electron chi connectivity index (χ0n) is 15.0. The topological polar surface area (TPSA) is 45.2 Å². The minimum absolute atomic E-state index is 0.0179. The van der Waals surface area contributed by atoms with E-state index in [1.54, 1.807) is 24.4 Å². The van der Waals surface area contributed by atoms with Crippen LogP contribution in [0.25, 0.3) is 11.3 Å². The molecule has 0 atom stereocenters. The summed E-state index contributed by atoms with van der Waals surface area (Å²) in [7, 11) is 3.92. The van der Waals surface area contributed by atoms with E-state index < -0.39 is 11.7 Å². The lowest BCUT2D eigenvalue weighted by atomic mass is 10.1. The van der Waals surface area contributed by atoms with Crippen LogP contribution < -0.4 is 10.2 Å².